The highest BCUT2D eigenvalue weighted by Crippen LogP contribution is 2.37. The fraction of sp³-hybridized carbons (Fsp3) is 0.357. The second-order valence-corrected chi connectivity index (χ2v) is 5.35. The van der Waals surface area contributed by atoms with Crippen LogP contribution in [0.15, 0.2) is 24.4 Å². The molecule has 1 aromatic heterocycles. The van der Waals surface area contributed by atoms with E-state index in [2.05, 4.69) is 21.1 Å². The van der Waals surface area contributed by atoms with Crippen LogP contribution in [-0.2, 0) is 6.54 Å². The molecule has 0 atom stereocenters. The molecule has 1 aliphatic carbocycles. The van der Waals surface area contributed by atoms with Crippen LogP contribution in [0.25, 0.3) is 0 Å². The Morgan fingerprint density at radius 3 is 2.95 bits per heavy atom. The second kappa shape index (κ2) is 4.85. The van der Waals surface area contributed by atoms with E-state index in [0.717, 1.165) is 17.2 Å². The van der Waals surface area contributed by atoms with E-state index in [4.69, 9.17) is 11.6 Å². The lowest BCUT2D eigenvalue weighted by atomic mass is 10.2. The lowest BCUT2D eigenvalue weighted by Gasteiger charge is -2.09. The van der Waals surface area contributed by atoms with Gasteiger partial charge in [0.2, 0.25) is 5.95 Å². The number of benzene rings is 1. The lowest BCUT2D eigenvalue weighted by molar-refractivity contribution is 0.627. The van der Waals surface area contributed by atoms with Crippen LogP contribution in [0.5, 0.6) is 0 Å². The molecule has 0 spiro atoms. The average Bonchev–Trinajstić information content (AvgIpc) is 3.15. The van der Waals surface area contributed by atoms with Crippen molar-refractivity contribution in [2.24, 2.45) is 0 Å². The smallest absolute Gasteiger partial charge is 0.203 e. The van der Waals surface area contributed by atoms with Crippen molar-refractivity contribution in [3.8, 4) is 0 Å². The van der Waals surface area contributed by atoms with Crippen molar-refractivity contribution in [1.29, 1.82) is 0 Å². The fourth-order valence-electron chi connectivity index (χ4n) is 2.11. The standard InChI is InChI=1S/C14H15ClFN3/c1-9-8-19(11-3-4-11)14(18-9)17-7-10-2-5-13(16)12(15)6-10/h2,5-6,8,11H,3-4,7H2,1H3,(H,17,18). The quantitative estimate of drug-likeness (QED) is 0.919. The number of rotatable bonds is 4. The first-order chi connectivity index (χ1) is 9.13. The Morgan fingerprint density at radius 1 is 1.47 bits per heavy atom. The van der Waals surface area contributed by atoms with Crippen LogP contribution in [0, 0.1) is 12.7 Å². The number of halogens is 2. The van der Waals surface area contributed by atoms with Gasteiger partial charge in [0.15, 0.2) is 0 Å². The van der Waals surface area contributed by atoms with Gasteiger partial charge in [-0.2, -0.15) is 0 Å². The Bertz CT molecular complexity index is 605. The molecule has 1 heterocycles. The molecule has 0 amide bonds. The maximum atomic E-state index is 13.1. The third kappa shape index (κ3) is 2.73. The van der Waals surface area contributed by atoms with Crippen molar-refractivity contribution in [3.63, 3.8) is 0 Å². The van der Waals surface area contributed by atoms with Gasteiger partial charge in [-0.1, -0.05) is 17.7 Å². The van der Waals surface area contributed by atoms with E-state index in [1.807, 2.05) is 6.92 Å². The first-order valence-corrected chi connectivity index (χ1v) is 6.74. The molecular formula is C14H15ClFN3. The van der Waals surface area contributed by atoms with Gasteiger partial charge in [0.05, 0.1) is 10.7 Å². The summed E-state index contributed by atoms with van der Waals surface area (Å²) < 4.78 is 15.3. The number of aryl methyl sites for hydroxylation is 1. The van der Waals surface area contributed by atoms with Crippen molar-refractivity contribution in [2.45, 2.75) is 32.4 Å². The molecule has 0 saturated heterocycles. The summed E-state index contributed by atoms with van der Waals surface area (Å²) in [6, 6.07) is 5.34. The van der Waals surface area contributed by atoms with E-state index < -0.39 is 0 Å². The molecule has 0 unspecified atom stereocenters. The monoisotopic (exact) mass is 279 g/mol. The van der Waals surface area contributed by atoms with Crippen molar-refractivity contribution >= 4 is 17.5 Å². The van der Waals surface area contributed by atoms with E-state index in [9.17, 15) is 4.39 Å². The Labute approximate surface area is 116 Å². The molecule has 0 aliphatic heterocycles. The molecule has 2 aromatic rings. The number of nitrogens with zero attached hydrogens (tertiary/aromatic N) is 2. The molecule has 1 aliphatic rings. The van der Waals surface area contributed by atoms with E-state index in [-0.39, 0.29) is 10.8 Å². The van der Waals surface area contributed by atoms with Crippen molar-refractivity contribution in [2.75, 3.05) is 5.32 Å². The van der Waals surface area contributed by atoms with Gasteiger partial charge in [0.25, 0.3) is 0 Å². The Kier molecular flexibility index (Phi) is 3.19. The normalized spacial score (nSPS) is 14.7. The van der Waals surface area contributed by atoms with Gasteiger partial charge in [-0.15, -0.1) is 0 Å². The van der Waals surface area contributed by atoms with Crippen molar-refractivity contribution in [1.82, 2.24) is 9.55 Å². The van der Waals surface area contributed by atoms with Crippen LogP contribution in [0.3, 0.4) is 0 Å². The molecule has 1 N–H and O–H groups in total. The van der Waals surface area contributed by atoms with Crippen LogP contribution < -0.4 is 5.32 Å². The van der Waals surface area contributed by atoms with Gasteiger partial charge >= 0.3 is 0 Å². The van der Waals surface area contributed by atoms with Crippen molar-refractivity contribution < 1.29 is 4.39 Å². The fourth-order valence-corrected chi connectivity index (χ4v) is 2.31. The minimum Gasteiger partial charge on any atom is -0.352 e. The molecule has 19 heavy (non-hydrogen) atoms. The molecule has 0 radical (unpaired) electrons. The summed E-state index contributed by atoms with van der Waals surface area (Å²) in [5.41, 5.74) is 1.95. The predicted octanol–water partition coefficient (Wildman–Crippen LogP) is 3.93. The van der Waals surface area contributed by atoms with Gasteiger partial charge in [0, 0.05) is 18.8 Å². The molecule has 3 rings (SSSR count). The molecular weight excluding hydrogens is 265 g/mol. The zero-order chi connectivity index (χ0) is 13.4. The average molecular weight is 280 g/mol. The van der Waals surface area contributed by atoms with Crippen LogP contribution >= 0.6 is 11.6 Å². The predicted molar refractivity (Wildman–Crippen MR) is 74.0 cm³/mol. The molecule has 100 valence electrons. The minimum absolute atomic E-state index is 0.154. The van der Waals surface area contributed by atoms with Crippen LogP contribution in [0.1, 0.15) is 30.1 Å². The number of hydrogen-bond donors (Lipinski definition) is 1. The summed E-state index contributed by atoms with van der Waals surface area (Å²) in [5.74, 6) is 0.487. The van der Waals surface area contributed by atoms with Crippen LogP contribution in [0.2, 0.25) is 5.02 Å². The Morgan fingerprint density at radius 2 is 2.26 bits per heavy atom. The second-order valence-electron chi connectivity index (χ2n) is 4.95. The largest absolute Gasteiger partial charge is 0.352 e. The highest BCUT2D eigenvalue weighted by Gasteiger charge is 2.26. The number of hydrogen-bond acceptors (Lipinski definition) is 2. The molecule has 0 bridgehead atoms. The van der Waals surface area contributed by atoms with Crippen molar-refractivity contribution in [3.05, 3.63) is 46.5 Å². The maximum Gasteiger partial charge on any atom is 0.203 e. The molecule has 1 aromatic carbocycles. The van der Waals surface area contributed by atoms with Gasteiger partial charge < -0.3 is 9.88 Å². The number of imidazole rings is 1. The van der Waals surface area contributed by atoms with Crippen LogP contribution in [-0.4, -0.2) is 9.55 Å². The highest BCUT2D eigenvalue weighted by atomic mass is 35.5. The number of nitrogens with one attached hydrogen (secondary N) is 1. The van der Waals surface area contributed by atoms with Gasteiger partial charge in [0.1, 0.15) is 5.82 Å². The molecule has 3 nitrogen and oxygen atoms in total. The SMILES string of the molecule is Cc1cn(C2CC2)c(NCc2ccc(F)c(Cl)c2)n1. The van der Waals surface area contributed by atoms with E-state index in [1.165, 1.54) is 18.9 Å². The third-order valence-corrected chi connectivity index (χ3v) is 3.52. The van der Waals surface area contributed by atoms with E-state index in [0.29, 0.717) is 12.6 Å². The van der Waals surface area contributed by atoms with Gasteiger partial charge in [-0.05, 0) is 37.5 Å². The maximum absolute atomic E-state index is 13.1. The first kappa shape index (κ1) is 12.5. The molecule has 5 heteroatoms. The van der Waals surface area contributed by atoms with Gasteiger partial charge in [-0.3, -0.25) is 0 Å². The number of aromatic nitrogens is 2. The summed E-state index contributed by atoms with van der Waals surface area (Å²) in [6.45, 7) is 2.57. The summed E-state index contributed by atoms with van der Waals surface area (Å²) in [5, 5.41) is 3.44. The number of anilines is 1. The first-order valence-electron chi connectivity index (χ1n) is 6.37. The zero-order valence-corrected chi connectivity index (χ0v) is 11.4. The minimum atomic E-state index is -0.388. The lowest BCUT2D eigenvalue weighted by Crippen LogP contribution is -2.06. The Hall–Kier alpha value is -1.55. The molecule has 1 saturated carbocycles. The highest BCUT2D eigenvalue weighted by molar-refractivity contribution is 6.30. The van der Waals surface area contributed by atoms with E-state index >= 15 is 0 Å². The van der Waals surface area contributed by atoms with Gasteiger partial charge in [-0.25, -0.2) is 9.37 Å². The third-order valence-electron chi connectivity index (χ3n) is 3.23. The van der Waals surface area contributed by atoms with Crippen LogP contribution in [0.4, 0.5) is 10.3 Å². The summed E-state index contributed by atoms with van der Waals surface area (Å²) in [4.78, 5) is 4.47. The summed E-state index contributed by atoms with van der Waals surface area (Å²) in [7, 11) is 0. The summed E-state index contributed by atoms with van der Waals surface area (Å²) in [6.07, 6.45) is 4.50. The summed E-state index contributed by atoms with van der Waals surface area (Å²) >= 11 is 5.77. The zero-order valence-electron chi connectivity index (χ0n) is 10.7. The topological polar surface area (TPSA) is 29.9 Å². The van der Waals surface area contributed by atoms with E-state index in [1.54, 1.807) is 12.1 Å². The molecule has 1 fully saturated rings. The Balaban J connectivity index is 1.73.